The molecule has 134 valence electrons. The first kappa shape index (κ1) is 17.9. The summed E-state index contributed by atoms with van der Waals surface area (Å²) in [5.41, 5.74) is 1.40. The number of methoxy groups -OCH3 is 2. The van der Waals surface area contributed by atoms with Crippen molar-refractivity contribution in [2.24, 2.45) is 0 Å². The molecule has 0 heterocycles. The van der Waals surface area contributed by atoms with Gasteiger partial charge in [-0.3, -0.25) is 4.79 Å². The molecule has 3 aromatic carbocycles. The molecule has 0 unspecified atom stereocenters. The highest BCUT2D eigenvalue weighted by molar-refractivity contribution is 6.32. The van der Waals surface area contributed by atoms with E-state index in [0.717, 1.165) is 16.5 Å². The summed E-state index contributed by atoms with van der Waals surface area (Å²) in [5, 5.41) is 8.58. The number of carbonyl (C=O) groups excluding carboxylic acids is 1. The summed E-state index contributed by atoms with van der Waals surface area (Å²) in [6.07, 6.45) is 0. The molecular formula is C20H19ClN2O3. The molecule has 2 N–H and O–H groups in total. The van der Waals surface area contributed by atoms with Gasteiger partial charge >= 0.3 is 0 Å². The maximum Gasteiger partial charge on any atom is 0.243 e. The summed E-state index contributed by atoms with van der Waals surface area (Å²) in [4.78, 5) is 12.4. The predicted octanol–water partition coefficient (Wildman–Crippen LogP) is 4.56. The van der Waals surface area contributed by atoms with E-state index in [1.165, 1.54) is 14.2 Å². The van der Waals surface area contributed by atoms with Crippen molar-refractivity contribution in [1.82, 2.24) is 0 Å². The van der Waals surface area contributed by atoms with Crippen molar-refractivity contribution in [3.63, 3.8) is 0 Å². The van der Waals surface area contributed by atoms with E-state index in [0.29, 0.717) is 22.2 Å². The van der Waals surface area contributed by atoms with Crippen molar-refractivity contribution < 1.29 is 14.3 Å². The zero-order valence-electron chi connectivity index (χ0n) is 14.5. The van der Waals surface area contributed by atoms with Gasteiger partial charge in [-0.2, -0.15) is 0 Å². The quantitative estimate of drug-likeness (QED) is 0.667. The molecule has 0 aromatic heterocycles. The smallest absolute Gasteiger partial charge is 0.243 e. The van der Waals surface area contributed by atoms with Gasteiger partial charge in [0.1, 0.15) is 11.5 Å². The lowest BCUT2D eigenvalue weighted by Gasteiger charge is -2.14. The van der Waals surface area contributed by atoms with Crippen LogP contribution in [0.3, 0.4) is 0 Å². The lowest BCUT2D eigenvalue weighted by atomic mass is 10.1. The SMILES string of the molecule is COc1cc(NC(=O)CNc2cccc3ccccc23)c(OC)cc1Cl. The Bertz CT molecular complexity index is 938. The number of nitrogens with one attached hydrogen (secondary N) is 2. The number of hydrogen-bond donors (Lipinski definition) is 2. The van der Waals surface area contributed by atoms with Crippen molar-refractivity contribution in [3.8, 4) is 11.5 Å². The Morgan fingerprint density at radius 2 is 1.69 bits per heavy atom. The summed E-state index contributed by atoms with van der Waals surface area (Å²) < 4.78 is 10.5. The van der Waals surface area contributed by atoms with Crippen molar-refractivity contribution in [3.05, 3.63) is 59.6 Å². The summed E-state index contributed by atoms with van der Waals surface area (Å²) in [6.45, 7) is 0.113. The third kappa shape index (κ3) is 3.83. The van der Waals surface area contributed by atoms with Gasteiger partial charge in [0.2, 0.25) is 5.91 Å². The molecule has 0 saturated heterocycles. The maximum absolute atomic E-state index is 12.4. The van der Waals surface area contributed by atoms with Crippen LogP contribution in [0.2, 0.25) is 5.02 Å². The number of amides is 1. The number of benzene rings is 3. The monoisotopic (exact) mass is 370 g/mol. The summed E-state index contributed by atoms with van der Waals surface area (Å²) in [7, 11) is 3.03. The van der Waals surface area contributed by atoms with Gasteiger partial charge in [0, 0.05) is 23.2 Å². The van der Waals surface area contributed by atoms with Gasteiger partial charge < -0.3 is 20.1 Å². The fourth-order valence-corrected chi connectivity index (χ4v) is 2.94. The summed E-state index contributed by atoms with van der Waals surface area (Å²) in [5.74, 6) is 0.722. The Kier molecular flexibility index (Phi) is 5.49. The zero-order chi connectivity index (χ0) is 18.5. The molecule has 0 atom stereocenters. The Hall–Kier alpha value is -2.92. The fourth-order valence-electron chi connectivity index (χ4n) is 2.71. The van der Waals surface area contributed by atoms with E-state index in [9.17, 15) is 4.79 Å². The van der Waals surface area contributed by atoms with Crippen LogP contribution in [0.15, 0.2) is 54.6 Å². The number of halogens is 1. The van der Waals surface area contributed by atoms with Crippen LogP contribution in [0, 0.1) is 0 Å². The Morgan fingerprint density at radius 3 is 2.46 bits per heavy atom. The van der Waals surface area contributed by atoms with E-state index in [-0.39, 0.29) is 12.5 Å². The Morgan fingerprint density at radius 1 is 0.962 bits per heavy atom. The maximum atomic E-state index is 12.4. The average Bonchev–Trinajstić information content (AvgIpc) is 2.67. The van der Waals surface area contributed by atoms with Gasteiger partial charge in [-0.15, -0.1) is 0 Å². The third-order valence-electron chi connectivity index (χ3n) is 3.98. The fraction of sp³-hybridized carbons (Fsp3) is 0.150. The van der Waals surface area contributed by atoms with Gasteiger partial charge in [0.05, 0.1) is 31.5 Å². The highest BCUT2D eigenvalue weighted by Crippen LogP contribution is 2.35. The molecule has 0 saturated carbocycles. The summed E-state index contributed by atoms with van der Waals surface area (Å²) >= 11 is 6.08. The van der Waals surface area contributed by atoms with E-state index < -0.39 is 0 Å². The van der Waals surface area contributed by atoms with E-state index in [2.05, 4.69) is 10.6 Å². The number of rotatable bonds is 6. The Labute approximate surface area is 156 Å². The first-order valence-electron chi connectivity index (χ1n) is 8.05. The van der Waals surface area contributed by atoms with Crippen LogP contribution >= 0.6 is 11.6 Å². The molecule has 0 aliphatic rings. The molecule has 0 bridgehead atoms. The second kappa shape index (κ2) is 7.97. The topological polar surface area (TPSA) is 59.6 Å². The number of hydrogen-bond acceptors (Lipinski definition) is 4. The Balaban J connectivity index is 1.73. The third-order valence-corrected chi connectivity index (χ3v) is 4.27. The van der Waals surface area contributed by atoms with Gasteiger partial charge in [0.25, 0.3) is 0 Å². The number of ether oxygens (including phenoxy) is 2. The molecule has 0 aliphatic carbocycles. The molecule has 0 fully saturated rings. The number of carbonyl (C=O) groups is 1. The lowest BCUT2D eigenvalue weighted by molar-refractivity contribution is -0.114. The molecule has 5 nitrogen and oxygen atoms in total. The summed E-state index contributed by atoms with van der Waals surface area (Å²) in [6, 6.07) is 17.2. The molecule has 0 spiro atoms. The van der Waals surface area contributed by atoms with Crippen molar-refractivity contribution in [1.29, 1.82) is 0 Å². The van der Waals surface area contributed by atoms with E-state index in [1.54, 1.807) is 12.1 Å². The predicted molar refractivity (Wildman–Crippen MR) is 106 cm³/mol. The van der Waals surface area contributed by atoms with E-state index >= 15 is 0 Å². The van der Waals surface area contributed by atoms with Gasteiger partial charge in [-0.05, 0) is 11.5 Å². The van der Waals surface area contributed by atoms with Crippen LogP contribution in [0.5, 0.6) is 11.5 Å². The highest BCUT2D eigenvalue weighted by Gasteiger charge is 2.12. The highest BCUT2D eigenvalue weighted by atomic mass is 35.5. The molecule has 6 heteroatoms. The van der Waals surface area contributed by atoms with E-state index in [4.69, 9.17) is 21.1 Å². The van der Waals surface area contributed by atoms with Crippen LogP contribution in [0.1, 0.15) is 0 Å². The first-order valence-corrected chi connectivity index (χ1v) is 8.43. The van der Waals surface area contributed by atoms with Crippen molar-refractivity contribution in [2.75, 3.05) is 31.4 Å². The lowest BCUT2D eigenvalue weighted by Crippen LogP contribution is -2.22. The molecular weight excluding hydrogens is 352 g/mol. The molecule has 0 aliphatic heterocycles. The second-order valence-corrected chi connectivity index (χ2v) is 6.02. The number of fused-ring (bicyclic) bond motifs is 1. The normalized spacial score (nSPS) is 10.4. The van der Waals surface area contributed by atoms with Crippen molar-refractivity contribution >= 4 is 39.7 Å². The molecule has 1 amide bonds. The van der Waals surface area contributed by atoms with Crippen LogP contribution in [-0.4, -0.2) is 26.7 Å². The second-order valence-electron chi connectivity index (χ2n) is 5.62. The molecule has 3 rings (SSSR count). The van der Waals surface area contributed by atoms with Gasteiger partial charge in [-0.1, -0.05) is 48.0 Å². The minimum Gasteiger partial charge on any atom is -0.495 e. The average molecular weight is 371 g/mol. The standard InChI is InChI=1S/C20H19ClN2O3/c1-25-18-11-17(19(26-2)10-15(18)21)23-20(24)12-22-16-9-5-7-13-6-3-4-8-14(13)16/h3-11,22H,12H2,1-2H3,(H,23,24). The first-order chi connectivity index (χ1) is 12.6. The van der Waals surface area contributed by atoms with Gasteiger partial charge in [-0.25, -0.2) is 0 Å². The van der Waals surface area contributed by atoms with Gasteiger partial charge in [0.15, 0.2) is 0 Å². The number of anilines is 2. The molecule has 3 aromatic rings. The van der Waals surface area contributed by atoms with Crippen LogP contribution in [-0.2, 0) is 4.79 Å². The van der Waals surface area contributed by atoms with Crippen molar-refractivity contribution in [2.45, 2.75) is 0 Å². The molecule has 0 radical (unpaired) electrons. The zero-order valence-corrected chi connectivity index (χ0v) is 15.3. The van der Waals surface area contributed by atoms with Crippen LogP contribution in [0.25, 0.3) is 10.8 Å². The molecule has 26 heavy (non-hydrogen) atoms. The van der Waals surface area contributed by atoms with Crippen LogP contribution in [0.4, 0.5) is 11.4 Å². The largest absolute Gasteiger partial charge is 0.495 e. The minimum atomic E-state index is -0.208. The van der Waals surface area contributed by atoms with Crippen LogP contribution < -0.4 is 20.1 Å². The van der Waals surface area contributed by atoms with E-state index in [1.807, 2.05) is 42.5 Å². The minimum absolute atomic E-state index is 0.113.